The number of benzene rings is 10. The Morgan fingerprint density at radius 3 is 1.47 bits per heavy atom. The Kier molecular flexibility index (Phi) is 15.6. The molecule has 0 spiro atoms. The van der Waals surface area contributed by atoms with Gasteiger partial charge in [-0.3, -0.25) is 0 Å². The van der Waals surface area contributed by atoms with Gasteiger partial charge in [0.1, 0.15) is 5.82 Å². The summed E-state index contributed by atoms with van der Waals surface area (Å²) in [6.45, 7) is 36.9. The number of para-hydroxylation sites is 3. The second-order valence-electron chi connectivity index (χ2n) is 30.6. The van der Waals surface area contributed by atoms with Crippen molar-refractivity contribution < 1.29 is 25.8 Å². The van der Waals surface area contributed by atoms with E-state index in [1.54, 1.807) is 0 Å². The number of hydrogen-bond donors (Lipinski definition) is 0. The zero-order chi connectivity index (χ0) is 64.4. The third-order valence-electron chi connectivity index (χ3n) is 19.1. The van der Waals surface area contributed by atoms with Gasteiger partial charge in [-0.2, -0.15) is 6.07 Å². The monoisotopic (exact) mass is 1390 g/mol. The van der Waals surface area contributed by atoms with Crippen LogP contribution in [-0.4, -0.2) is 9.55 Å². The quantitative estimate of drug-likeness (QED) is 0.135. The standard InChI is InChI=1S/C87H83N4O.Pt/c1-82(2,3)58-42-43-88-80(51-58)91-75-39-27-24-36-68(75)71-53-74(86(13,14)15)79(54-78(71)91)92-65-48-63(87(62-45-59(83(4,5)6)44-60(46-62)84(7,8)9)72-37-25-22-34-66(72)67-35-23-26-38-73(67)87)47-64(52-65)89-55-90(77-41-29-28-40-76(77)89)81-69(56-30-18-16-19-31-56)49-61(85(10,11)12)50-70(81)57-32-20-17-21-33-57;/h16-51,53,55H,1-15H3;/q-3;. The van der Waals surface area contributed by atoms with Gasteiger partial charge >= 0.3 is 0 Å². The van der Waals surface area contributed by atoms with E-state index in [4.69, 9.17) is 9.72 Å². The molecule has 1 aliphatic heterocycles. The molecule has 93 heavy (non-hydrogen) atoms. The maximum atomic E-state index is 7.82. The van der Waals surface area contributed by atoms with Crippen molar-refractivity contribution >= 4 is 44.6 Å². The molecule has 0 saturated heterocycles. The van der Waals surface area contributed by atoms with E-state index in [1.165, 1.54) is 50.1 Å². The van der Waals surface area contributed by atoms with E-state index in [0.29, 0.717) is 11.5 Å². The summed E-state index contributed by atoms with van der Waals surface area (Å²) in [5, 5.41) is 2.23. The molecule has 0 fully saturated rings. The van der Waals surface area contributed by atoms with Gasteiger partial charge in [0, 0.05) is 77.9 Å². The molecule has 2 aliphatic rings. The van der Waals surface area contributed by atoms with E-state index in [0.717, 1.165) is 83.8 Å². The number of nitrogens with zero attached hydrogens (tertiary/aromatic N) is 4. The molecule has 10 aromatic carbocycles. The van der Waals surface area contributed by atoms with Crippen LogP contribution < -0.4 is 14.5 Å². The van der Waals surface area contributed by atoms with Crippen molar-refractivity contribution in [3.05, 3.63) is 293 Å². The zero-order valence-corrected chi connectivity index (χ0v) is 58.7. The maximum absolute atomic E-state index is 7.82. The fourth-order valence-electron chi connectivity index (χ4n) is 14.1. The van der Waals surface area contributed by atoms with E-state index in [1.807, 2.05) is 6.20 Å². The second kappa shape index (κ2) is 23.1. The molecule has 14 rings (SSSR count). The molecule has 0 amide bonds. The Balaban J connectivity index is 0.00000787. The van der Waals surface area contributed by atoms with Gasteiger partial charge in [-0.1, -0.05) is 273 Å². The molecule has 3 heterocycles. The summed E-state index contributed by atoms with van der Waals surface area (Å²) in [5.41, 5.74) is 22.0. The minimum absolute atomic E-state index is 0. The molecule has 2 aromatic heterocycles. The van der Waals surface area contributed by atoms with Crippen molar-refractivity contribution in [2.75, 3.05) is 9.80 Å². The van der Waals surface area contributed by atoms with E-state index in [2.05, 4.69) is 355 Å². The largest absolute Gasteiger partial charge is 0.509 e. The first-order valence-corrected chi connectivity index (χ1v) is 32.7. The maximum Gasteiger partial charge on any atom is 0.135 e. The topological polar surface area (TPSA) is 33.5 Å². The normalized spacial score (nSPS) is 13.9. The van der Waals surface area contributed by atoms with Crippen molar-refractivity contribution in [1.82, 2.24) is 9.55 Å². The minimum atomic E-state index is -0.838. The van der Waals surface area contributed by atoms with Crippen LogP contribution in [0.4, 0.5) is 22.7 Å². The first-order chi connectivity index (χ1) is 43.8. The average molecular weight is 1400 g/mol. The smallest absolute Gasteiger partial charge is 0.135 e. The van der Waals surface area contributed by atoms with Crippen LogP contribution in [0.2, 0.25) is 0 Å². The van der Waals surface area contributed by atoms with Crippen molar-refractivity contribution in [2.24, 2.45) is 0 Å². The Bertz CT molecular complexity index is 4710. The third kappa shape index (κ3) is 11.0. The number of pyridine rings is 1. The van der Waals surface area contributed by atoms with Crippen molar-refractivity contribution in [3.63, 3.8) is 0 Å². The zero-order valence-electron chi connectivity index (χ0n) is 56.5. The summed E-state index contributed by atoms with van der Waals surface area (Å²) >= 11 is 0. The van der Waals surface area contributed by atoms with Crippen LogP contribution in [0.5, 0.6) is 11.5 Å². The number of anilines is 4. The summed E-state index contributed by atoms with van der Waals surface area (Å²) in [5.74, 6) is 2.05. The van der Waals surface area contributed by atoms with Gasteiger partial charge in [-0.05, 0) is 131 Å². The average Bonchev–Trinajstić information content (AvgIpc) is 1.57. The fourth-order valence-corrected chi connectivity index (χ4v) is 14.1. The first kappa shape index (κ1) is 63.0. The van der Waals surface area contributed by atoms with Crippen LogP contribution >= 0.6 is 0 Å². The minimum Gasteiger partial charge on any atom is -0.509 e. The predicted octanol–water partition coefficient (Wildman–Crippen LogP) is 23.2. The van der Waals surface area contributed by atoms with Crippen LogP contribution in [0.25, 0.3) is 61.0 Å². The SMILES string of the molecule is CC(C)(C)c1cc(C(C)(C)C)cc(C2(c3cc(Oc4[c-]c5c(cc4C(C)(C)C)c4ccccc4n5-c4cc(C(C)(C)C)ccn4)[c-]c(N4[CH-]N(c5c(-c6ccccc6)cc(C(C)(C)C)cc5-c5ccccc5)c5ccccc54)c3)c3ccccc3-c3ccccc32)c1.[Pt]. The van der Waals surface area contributed by atoms with Gasteiger partial charge in [0.25, 0.3) is 0 Å². The van der Waals surface area contributed by atoms with E-state index in [-0.39, 0.29) is 48.1 Å². The molecule has 0 unspecified atom stereocenters. The van der Waals surface area contributed by atoms with E-state index < -0.39 is 5.41 Å². The van der Waals surface area contributed by atoms with Crippen molar-refractivity contribution in [3.8, 4) is 50.7 Å². The number of aromatic nitrogens is 2. The van der Waals surface area contributed by atoms with Crippen LogP contribution in [-0.2, 0) is 53.6 Å². The van der Waals surface area contributed by atoms with Crippen LogP contribution in [0, 0.1) is 18.8 Å². The van der Waals surface area contributed by atoms with E-state index >= 15 is 0 Å². The second-order valence-corrected chi connectivity index (χ2v) is 30.6. The summed E-state index contributed by atoms with van der Waals surface area (Å²) in [6.07, 6.45) is 1.94. The van der Waals surface area contributed by atoms with E-state index in [9.17, 15) is 0 Å². The van der Waals surface area contributed by atoms with Gasteiger partial charge in [0.15, 0.2) is 0 Å². The molecular formula is C87H83N4OPt-3. The fraction of sp³-hybridized carbons (Fsp3) is 0.241. The number of rotatable bonds is 9. The molecule has 0 radical (unpaired) electrons. The van der Waals surface area contributed by atoms with Crippen molar-refractivity contribution in [1.29, 1.82) is 0 Å². The van der Waals surface area contributed by atoms with Crippen molar-refractivity contribution in [2.45, 2.75) is 136 Å². The van der Waals surface area contributed by atoms with Gasteiger partial charge in [0.05, 0.1) is 0 Å². The Hall–Kier alpha value is -8.76. The molecule has 6 heteroatoms. The van der Waals surface area contributed by atoms with Gasteiger partial charge < -0.3 is 19.1 Å². The molecule has 0 atom stereocenters. The Labute approximate surface area is 566 Å². The summed E-state index contributed by atoms with van der Waals surface area (Å²) in [4.78, 5) is 9.87. The molecular weight excluding hydrogens is 1310 g/mol. The Morgan fingerprint density at radius 2 is 0.914 bits per heavy atom. The molecule has 0 N–H and O–H groups in total. The third-order valence-corrected chi connectivity index (χ3v) is 19.1. The molecule has 470 valence electrons. The molecule has 0 saturated carbocycles. The van der Waals surface area contributed by atoms with Gasteiger partial charge in [0.2, 0.25) is 0 Å². The molecule has 5 nitrogen and oxygen atoms in total. The van der Waals surface area contributed by atoms with Gasteiger partial charge in [-0.15, -0.1) is 53.1 Å². The summed E-state index contributed by atoms with van der Waals surface area (Å²) in [7, 11) is 0. The number of hydrogen-bond acceptors (Lipinski definition) is 4. The first-order valence-electron chi connectivity index (χ1n) is 32.7. The van der Waals surface area contributed by atoms with Crippen LogP contribution in [0.15, 0.2) is 225 Å². The summed E-state index contributed by atoms with van der Waals surface area (Å²) in [6, 6.07) is 89.3. The Morgan fingerprint density at radius 1 is 0.419 bits per heavy atom. The molecule has 12 aromatic rings. The van der Waals surface area contributed by atoms with Gasteiger partial charge in [-0.25, -0.2) is 4.98 Å². The predicted molar refractivity (Wildman–Crippen MR) is 386 cm³/mol. The van der Waals surface area contributed by atoms with Crippen LogP contribution in [0.1, 0.15) is 154 Å². The number of ether oxygens (including phenoxy) is 1. The summed E-state index contributed by atoms with van der Waals surface area (Å²) < 4.78 is 10.1. The molecule has 0 bridgehead atoms. The molecule has 1 aliphatic carbocycles. The van der Waals surface area contributed by atoms with Crippen LogP contribution in [0.3, 0.4) is 0 Å². The number of fused-ring (bicyclic) bond motifs is 7.